The summed E-state index contributed by atoms with van der Waals surface area (Å²) in [6, 6.07) is 2.07. The number of methoxy groups -OCH3 is 1. The molecule has 1 aliphatic carbocycles. The van der Waals surface area contributed by atoms with Crippen LogP contribution in [0.1, 0.15) is 42.5 Å². The molecule has 1 fully saturated rings. The maximum atomic E-state index is 10.6. The van der Waals surface area contributed by atoms with Crippen LogP contribution < -0.4 is 16.2 Å². The molecular weight excluding hydrogens is 230 g/mol. The van der Waals surface area contributed by atoms with E-state index in [1.165, 1.54) is 57.7 Å². The monoisotopic (exact) mass is 251 g/mol. The molecule has 100 valence electrons. The van der Waals surface area contributed by atoms with Gasteiger partial charge in [0.1, 0.15) is 5.75 Å². The second-order valence-corrected chi connectivity index (χ2v) is 4.38. The third-order valence-electron chi connectivity index (χ3n) is 2.88. The molecule has 1 heterocycles. The van der Waals surface area contributed by atoms with E-state index in [0.29, 0.717) is 17.4 Å². The van der Waals surface area contributed by atoms with E-state index >= 15 is 0 Å². The first-order valence-electron chi connectivity index (χ1n) is 6.18. The smallest absolute Gasteiger partial charge is 0.250 e. The molecule has 1 aromatic heterocycles. The third-order valence-corrected chi connectivity index (χ3v) is 2.88. The first kappa shape index (κ1) is 14.4. The molecule has 0 aliphatic heterocycles. The van der Waals surface area contributed by atoms with Crippen molar-refractivity contribution >= 4 is 5.91 Å². The maximum absolute atomic E-state index is 10.6. The van der Waals surface area contributed by atoms with Gasteiger partial charge in [0.2, 0.25) is 5.91 Å². The Hall–Kier alpha value is -1.62. The van der Waals surface area contributed by atoms with Crippen LogP contribution in [0.4, 0.5) is 0 Å². The van der Waals surface area contributed by atoms with Gasteiger partial charge in [0.05, 0.1) is 18.9 Å². The summed E-state index contributed by atoms with van der Waals surface area (Å²) < 4.78 is 4.83. The van der Waals surface area contributed by atoms with Gasteiger partial charge in [0.15, 0.2) is 0 Å². The minimum Gasteiger partial charge on any atom is -0.495 e. The zero-order valence-electron chi connectivity index (χ0n) is 10.8. The summed E-state index contributed by atoms with van der Waals surface area (Å²) in [7, 11) is 1.50. The first-order valence-corrected chi connectivity index (χ1v) is 6.18. The first-order chi connectivity index (χ1) is 8.63. The van der Waals surface area contributed by atoms with Crippen molar-refractivity contribution in [3.63, 3.8) is 0 Å². The van der Waals surface area contributed by atoms with Crippen molar-refractivity contribution in [3.8, 4) is 5.75 Å². The van der Waals surface area contributed by atoms with Gasteiger partial charge in [-0.05, 0) is 18.9 Å². The number of ether oxygens (including phenoxy) is 1. The Balaban J connectivity index is 0.000000199. The number of rotatable bonds is 2. The van der Waals surface area contributed by atoms with Gasteiger partial charge in [-0.3, -0.25) is 9.78 Å². The van der Waals surface area contributed by atoms with Crippen LogP contribution in [-0.4, -0.2) is 24.0 Å². The van der Waals surface area contributed by atoms with Crippen LogP contribution >= 0.6 is 0 Å². The Kier molecular flexibility index (Phi) is 6.14. The summed E-state index contributed by atoms with van der Waals surface area (Å²) in [5.74, 6) is 0.0256. The molecule has 1 aromatic rings. The number of hydrogen-bond acceptors (Lipinski definition) is 4. The molecule has 18 heavy (non-hydrogen) atoms. The molecule has 1 aliphatic rings. The topological polar surface area (TPSA) is 91.2 Å². The van der Waals surface area contributed by atoms with Crippen molar-refractivity contribution in [2.75, 3.05) is 7.11 Å². The van der Waals surface area contributed by atoms with E-state index in [2.05, 4.69) is 4.98 Å². The number of hydrogen-bond donors (Lipinski definition) is 2. The predicted molar refractivity (Wildman–Crippen MR) is 70.4 cm³/mol. The highest BCUT2D eigenvalue weighted by molar-refractivity contribution is 5.92. The van der Waals surface area contributed by atoms with Crippen LogP contribution in [-0.2, 0) is 0 Å². The van der Waals surface area contributed by atoms with E-state index in [0.717, 1.165) is 0 Å². The van der Waals surface area contributed by atoms with Crippen molar-refractivity contribution in [1.82, 2.24) is 4.98 Å². The second-order valence-electron chi connectivity index (χ2n) is 4.38. The Morgan fingerprint density at radius 3 is 2.44 bits per heavy atom. The lowest BCUT2D eigenvalue weighted by atomic mass is 9.97. The van der Waals surface area contributed by atoms with Gasteiger partial charge >= 0.3 is 0 Å². The van der Waals surface area contributed by atoms with Gasteiger partial charge in [-0.15, -0.1) is 0 Å². The quantitative estimate of drug-likeness (QED) is 0.832. The number of pyridine rings is 1. The molecule has 0 unspecified atom stereocenters. The summed E-state index contributed by atoms with van der Waals surface area (Å²) in [6.07, 6.45) is 9.56. The fourth-order valence-corrected chi connectivity index (χ4v) is 1.80. The molecule has 0 atom stereocenters. The summed E-state index contributed by atoms with van der Waals surface area (Å²) >= 11 is 0. The predicted octanol–water partition coefficient (Wildman–Crippen LogP) is 1.47. The third kappa shape index (κ3) is 5.14. The van der Waals surface area contributed by atoms with E-state index in [4.69, 9.17) is 16.2 Å². The number of nitrogens with zero attached hydrogens (tertiary/aromatic N) is 1. The normalized spacial score (nSPS) is 15.4. The Bertz CT molecular complexity index is 376. The van der Waals surface area contributed by atoms with Gasteiger partial charge < -0.3 is 16.2 Å². The molecule has 4 N–H and O–H groups in total. The van der Waals surface area contributed by atoms with Crippen molar-refractivity contribution in [3.05, 3.63) is 24.0 Å². The number of carbonyl (C=O) groups is 1. The molecule has 1 saturated carbocycles. The molecular formula is C13H21N3O2. The Labute approximate surface area is 108 Å². The van der Waals surface area contributed by atoms with Gasteiger partial charge in [0.25, 0.3) is 0 Å². The minimum atomic E-state index is -0.503. The van der Waals surface area contributed by atoms with Gasteiger partial charge in [0, 0.05) is 12.2 Å². The zero-order chi connectivity index (χ0) is 13.4. The van der Waals surface area contributed by atoms with Crippen LogP contribution in [0.25, 0.3) is 0 Å². The van der Waals surface area contributed by atoms with Crippen molar-refractivity contribution in [1.29, 1.82) is 0 Å². The lowest BCUT2D eigenvalue weighted by molar-refractivity contribution is 0.0999. The summed E-state index contributed by atoms with van der Waals surface area (Å²) in [4.78, 5) is 14.3. The Morgan fingerprint density at radius 1 is 1.33 bits per heavy atom. The molecule has 1 amide bonds. The lowest BCUT2D eigenvalue weighted by Gasteiger charge is -2.15. The van der Waals surface area contributed by atoms with Crippen molar-refractivity contribution in [2.45, 2.75) is 38.1 Å². The summed E-state index contributed by atoms with van der Waals surface area (Å²) in [5, 5.41) is 0. The maximum Gasteiger partial charge on any atom is 0.250 e. The second kappa shape index (κ2) is 7.66. The van der Waals surface area contributed by atoms with Crippen LogP contribution in [0.3, 0.4) is 0 Å². The van der Waals surface area contributed by atoms with Crippen LogP contribution in [0.15, 0.2) is 18.5 Å². The Morgan fingerprint density at radius 2 is 2.00 bits per heavy atom. The van der Waals surface area contributed by atoms with E-state index in [1.807, 2.05) is 0 Å². The van der Waals surface area contributed by atoms with Crippen molar-refractivity contribution in [2.24, 2.45) is 11.5 Å². The van der Waals surface area contributed by atoms with Crippen LogP contribution in [0, 0.1) is 0 Å². The molecule has 0 aromatic carbocycles. The van der Waals surface area contributed by atoms with E-state index in [9.17, 15) is 4.79 Å². The number of carbonyl (C=O) groups excluding carboxylic acids is 1. The number of amides is 1. The molecule has 5 heteroatoms. The molecule has 5 nitrogen and oxygen atoms in total. The number of primary amides is 1. The summed E-state index contributed by atoms with van der Waals surface area (Å²) in [6.45, 7) is 0. The molecule has 0 bridgehead atoms. The number of nitrogens with two attached hydrogens (primary N) is 2. The molecule has 0 spiro atoms. The molecule has 0 saturated heterocycles. The summed E-state index contributed by atoms with van der Waals surface area (Å²) in [5.41, 5.74) is 11.0. The van der Waals surface area contributed by atoms with Crippen LogP contribution in [0.2, 0.25) is 0 Å². The fraction of sp³-hybridized carbons (Fsp3) is 0.538. The zero-order valence-corrected chi connectivity index (χ0v) is 10.8. The highest BCUT2D eigenvalue weighted by atomic mass is 16.5. The standard InChI is InChI=1S/C7H8N2O2.C6H13N/c1-11-6-2-5(7(8)10)3-9-4-6;7-6-4-2-1-3-5-6/h2-4H,1H3,(H2,8,10);6H,1-5,7H2. The van der Waals surface area contributed by atoms with Crippen LogP contribution in [0.5, 0.6) is 5.75 Å². The van der Waals surface area contributed by atoms with Gasteiger partial charge in [-0.1, -0.05) is 19.3 Å². The molecule has 0 radical (unpaired) electrons. The van der Waals surface area contributed by atoms with E-state index in [1.54, 1.807) is 0 Å². The highest BCUT2D eigenvalue weighted by Crippen LogP contribution is 2.14. The van der Waals surface area contributed by atoms with Gasteiger partial charge in [-0.2, -0.15) is 0 Å². The number of aromatic nitrogens is 1. The van der Waals surface area contributed by atoms with E-state index in [-0.39, 0.29) is 0 Å². The average molecular weight is 251 g/mol. The molecule has 2 rings (SSSR count). The fourth-order valence-electron chi connectivity index (χ4n) is 1.80. The highest BCUT2D eigenvalue weighted by Gasteiger charge is 2.06. The lowest BCUT2D eigenvalue weighted by Crippen LogP contribution is -2.22. The van der Waals surface area contributed by atoms with Gasteiger partial charge in [-0.25, -0.2) is 0 Å². The largest absolute Gasteiger partial charge is 0.495 e. The van der Waals surface area contributed by atoms with Crippen molar-refractivity contribution < 1.29 is 9.53 Å². The average Bonchev–Trinajstić information content (AvgIpc) is 2.40. The van der Waals surface area contributed by atoms with E-state index < -0.39 is 5.91 Å². The minimum absolute atomic E-state index is 0.351. The SMILES string of the molecule is COc1cncc(C(N)=O)c1.NC1CCCCC1.